The molecule has 6 heteroatoms. The lowest BCUT2D eigenvalue weighted by atomic mass is 10.3. The van der Waals surface area contributed by atoms with Crippen LogP contribution >= 0.6 is 0 Å². The Morgan fingerprint density at radius 2 is 2.19 bits per heavy atom. The smallest absolute Gasteiger partial charge is 0.315 e. The van der Waals surface area contributed by atoms with Gasteiger partial charge in [0, 0.05) is 12.1 Å². The number of halogens is 2. The molecule has 0 bridgehead atoms. The van der Waals surface area contributed by atoms with Crippen molar-refractivity contribution in [1.82, 2.24) is 15.3 Å². The second-order valence-corrected chi connectivity index (χ2v) is 3.73. The van der Waals surface area contributed by atoms with Gasteiger partial charge in [-0.3, -0.25) is 14.8 Å². The Bertz CT molecular complexity index is 376. The third kappa shape index (κ3) is 2.71. The van der Waals surface area contributed by atoms with Gasteiger partial charge in [0.25, 0.3) is 5.91 Å². The van der Waals surface area contributed by atoms with E-state index in [1.54, 1.807) is 6.20 Å². The zero-order valence-corrected chi connectivity index (χ0v) is 8.49. The van der Waals surface area contributed by atoms with E-state index in [1.165, 1.54) is 6.20 Å². The molecule has 86 valence electrons. The molecule has 0 aliphatic heterocycles. The van der Waals surface area contributed by atoms with Gasteiger partial charge in [-0.25, -0.2) is 0 Å². The molecule has 1 aliphatic rings. The van der Waals surface area contributed by atoms with Crippen molar-refractivity contribution >= 4 is 5.91 Å². The Kier molecular flexibility index (Phi) is 3.07. The van der Waals surface area contributed by atoms with Crippen LogP contribution in [-0.2, 0) is 11.3 Å². The van der Waals surface area contributed by atoms with Gasteiger partial charge in [-0.15, -0.1) is 0 Å². The number of nitrogens with one attached hydrogen (secondary N) is 1. The average molecular weight is 227 g/mol. The van der Waals surface area contributed by atoms with Gasteiger partial charge in [0.1, 0.15) is 0 Å². The van der Waals surface area contributed by atoms with E-state index in [-0.39, 0.29) is 6.54 Å². The highest BCUT2D eigenvalue weighted by molar-refractivity contribution is 5.78. The molecule has 1 saturated carbocycles. The number of alkyl halides is 2. The predicted octanol–water partition coefficient (Wildman–Crippen LogP) is 1.24. The van der Waals surface area contributed by atoms with Gasteiger partial charge in [0.15, 0.2) is 0 Å². The maximum absolute atomic E-state index is 11.9. The molecule has 1 heterocycles. The fraction of sp³-hybridized carbons (Fsp3) is 0.500. The molecule has 1 fully saturated rings. The normalized spacial score (nSPS) is 15.2. The number of carbonyl (C=O) groups excluding carboxylic acids is 1. The number of hydrogen-bond acceptors (Lipinski definition) is 3. The molecule has 4 nitrogen and oxygen atoms in total. The molecular weight excluding hydrogens is 216 g/mol. The Morgan fingerprint density at radius 3 is 2.69 bits per heavy atom. The first kappa shape index (κ1) is 10.9. The Balaban J connectivity index is 1.87. The van der Waals surface area contributed by atoms with Crippen molar-refractivity contribution in [2.24, 2.45) is 0 Å². The van der Waals surface area contributed by atoms with Crippen molar-refractivity contribution in [3.05, 3.63) is 23.8 Å². The third-order valence-electron chi connectivity index (χ3n) is 2.36. The molecule has 1 aromatic rings. The van der Waals surface area contributed by atoms with Gasteiger partial charge in [-0.2, -0.15) is 8.78 Å². The van der Waals surface area contributed by atoms with Gasteiger partial charge in [-0.05, 0) is 12.8 Å². The summed E-state index contributed by atoms with van der Waals surface area (Å²) in [6.07, 6.45) is 2.44. The van der Waals surface area contributed by atoms with Crippen LogP contribution in [0.25, 0.3) is 0 Å². The van der Waals surface area contributed by atoms with Gasteiger partial charge in [0.2, 0.25) is 0 Å². The molecular formula is C10H11F2N3O. The molecule has 1 amide bonds. The minimum Gasteiger partial charge on any atom is -0.345 e. The molecule has 0 unspecified atom stereocenters. The summed E-state index contributed by atoms with van der Waals surface area (Å²) < 4.78 is 23.7. The van der Waals surface area contributed by atoms with Gasteiger partial charge >= 0.3 is 6.43 Å². The largest absolute Gasteiger partial charge is 0.345 e. The van der Waals surface area contributed by atoms with Crippen LogP contribution in [0.2, 0.25) is 0 Å². The fourth-order valence-corrected chi connectivity index (χ4v) is 1.30. The first-order valence-electron chi connectivity index (χ1n) is 5.03. The van der Waals surface area contributed by atoms with E-state index in [4.69, 9.17) is 0 Å². The van der Waals surface area contributed by atoms with Crippen molar-refractivity contribution in [2.45, 2.75) is 31.7 Å². The fourth-order valence-electron chi connectivity index (χ4n) is 1.30. The monoisotopic (exact) mass is 227 g/mol. The van der Waals surface area contributed by atoms with Crippen LogP contribution in [0.1, 0.15) is 30.1 Å². The molecule has 0 spiro atoms. The average Bonchev–Trinajstić information content (AvgIpc) is 3.10. The summed E-state index contributed by atoms with van der Waals surface area (Å²) in [6, 6.07) is 0. The summed E-state index contributed by atoms with van der Waals surface area (Å²) in [6.45, 7) is -0.0128. The van der Waals surface area contributed by atoms with Crippen LogP contribution in [0.3, 0.4) is 0 Å². The molecule has 1 aliphatic carbocycles. The lowest BCUT2D eigenvalue weighted by Crippen LogP contribution is -2.29. The van der Waals surface area contributed by atoms with Crippen LogP contribution in [0.4, 0.5) is 8.78 Å². The summed E-state index contributed by atoms with van der Waals surface area (Å²) in [4.78, 5) is 18.8. The summed E-state index contributed by atoms with van der Waals surface area (Å²) in [7, 11) is 0. The molecule has 2 rings (SSSR count). The third-order valence-corrected chi connectivity index (χ3v) is 2.36. The van der Waals surface area contributed by atoms with Crippen molar-refractivity contribution in [3.8, 4) is 0 Å². The van der Waals surface area contributed by atoms with Crippen LogP contribution in [0, 0.1) is 0 Å². The zero-order valence-electron chi connectivity index (χ0n) is 8.49. The predicted molar refractivity (Wildman–Crippen MR) is 51.9 cm³/mol. The molecule has 0 aromatic carbocycles. The topological polar surface area (TPSA) is 54.9 Å². The molecule has 0 radical (unpaired) electrons. The Labute approximate surface area is 91.1 Å². The summed E-state index contributed by atoms with van der Waals surface area (Å²) in [5.41, 5.74) is 1.42. The molecule has 1 aromatic heterocycles. The molecule has 0 atom stereocenters. The highest BCUT2D eigenvalue weighted by atomic mass is 19.3. The van der Waals surface area contributed by atoms with Crippen molar-refractivity contribution in [1.29, 1.82) is 0 Å². The minimum atomic E-state index is -2.99. The summed E-state index contributed by atoms with van der Waals surface area (Å²) in [5, 5.41) is 2.07. The number of nitrogens with zero attached hydrogens (tertiary/aromatic N) is 2. The lowest BCUT2D eigenvalue weighted by Gasteiger charge is -2.04. The first-order chi connectivity index (χ1) is 7.66. The number of hydrogen-bond donors (Lipinski definition) is 1. The number of aromatic nitrogens is 2. The highest BCUT2D eigenvalue weighted by Gasteiger charge is 2.25. The van der Waals surface area contributed by atoms with Crippen LogP contribution in [0.15, 0.2) is 12.4 Å². The van der Waals surface area contributed by atoms with Gasteiger partial charge < -0.3 is 5.32 Å². The number of rotatable bonds is 4. The van der Waals surface area contributed by atoms with E-state index in [2.05, 4.69) is 15.3 Å². The maximum atomic E-state index is 11.9. The van der Waals surface area contributed by atoms with Crippen LogP contribution in [-0.4, -0.2) is 22.3 Å². The van der Waals surface area contributed by atoms with Crippen molar-refractivity contribution < 1.29 is 13.6 Å². The lowest BCUT2D eigenvalue weighted by molar-refractivity contribution is -0.131. The van der Waals surface area contributed by atoms with E-state index in [0.29, 0.717) is 11.6 Å². The van der Waals surface area contributed by atoms with E-state index < -0.39 is 12.3 Å². The quantitative estimate of drug-likeness (QED) is 0.841. The SMILES string of the molecule is O=C(NCc1cnc(C2CC2)cn1)C(F)F. The van der Waals surface area contributed by atoms with Crippen molar-refractivity contribution in [2.75, 3.05) is 0 Å². The minimum absolute atomic E-state index is 0.0128. The summed E-state index contributed by atoms with van der Waals surface area (Å²) in [5.74, 6) is -0.773. The van der Waals surface area contributed by atoms with E-state index in [9.17, 15) is 13.6 Å². The second-order valence-electron chi connectivity index (χ2n) is 3.73. The molecule has 0 saturated heterocycles. The van der Waals surface area contributed by atoms with E-state index in [1.807, 2.05) is 0 Å². The van der Waals surface area contributed by atoms with Gasteiger partial charge in [0.05, 0.1) is 24.1 Å². The Morgan fingerprint density at radius 1 is 1.44 bits per heavy atom. The zero-order chi connectivity index (χ0) is 11.5. The first-order valence-corrected chi connectivity index (χ1v) is 5.03. The van der Waals surface area contributed by atoms with Crippen LogP contribution < -0.4 is 5.32 Å². The highest BCUT2D eigenvalue weighted by Crippen LogP contribution is 2.38. The van der Waals surface area contributed by atoms with E-state index >= 15 is 0 Å². The second kappa shape index (κ2) is 4.51. The maximum Gasteiger partial charge on any atom is 0.315 e. The van der Waals surface area contributed by atoms with Crippen molar-refractivity contribution in [3.63, 3.8) is 0 Å². The Hall–Kier alpha value is -1.59. The molecule has 1 N–H and O–H groups in total. The number of amides is 1. The molecule has 16 heavy (non-hydrogen) atoms. The van der Waals surface area contributed by atoms with E-state index in [0.717, 1.165) is 18.5 Å². The summed E-state index contributed by atoms with van der Waals surface area (Å²) >= 11 is 0. The van der Waals surface area contributed by atoms with Gasteiger partial charge in [-0.1, -0.05) is 0 Å². The standard InChI is InChI=1S/C10H11F2N3O/c11-9(12)10(16)15-4-7-3-14-8(5-13-7)6-1-2-6/h3,5-6,9H,1-2,4H2,(H,15,16). The number of carbonyl (C=O) groups is 1. The van der Waals surface area contributed by atoms with Crippen LogP contribution in [0.5, 0.6) is 0 Å².